The summed E-state index contributed by atoms with van der Waals surface area (Å²) in [7, 11) is 1.56. The van der Waals surface area contributed by atoms with Gasteiger partial charge >= 0.3 is 0 Å². The highest BCUT2D eigenvalue weighted by molar-refractivity contribution is 9.10. The maximum Gasteiger partial charge on any atom is 0.259 e. The minimum absolute atomic E-state index is 0.239. The number of amides is 1. The second-order valence-corrected chi connectivity index (χ2v) is 7.23. The lowest BCUT2D eigenvalue weighted by Gasteiger charge is -2.11. The first-order chi connectivity index (χ1) is 13.5. The number of hydrogen-bond acceptors (Lipinski definition) is 4. The lowest BCUT2D eigenvalue weighted by molar-refractivity contribution is 0.102. The smallest absolute Gasteiger partial charge is 0.259 e. The minimum Gasteiger partial charge on any atom is -0.496 e. The molecule has 6 heteroatoms. The Morgan fingerprint density at radius 1 is 1.11 bits per heavy atom. The van der Waals surface area contributed by atoms with E-state index in [4.69, 9.17) is 9.15 Å². The van der Waals surface area contributed by atoms with E-state index in [-0.39, 0.29) is 5.91 Å². The van der Waals surface area contributed by atoms with E-state index in [0.717, 1.165) is 15.6 Å². The fourth-order valence-electron chi connectivity index (χ4n) is 3.02. The maximum absolute atomic E-state index is 12.7. The molecule has 4 rings (SSSR count). The van der Waals surface area contributed by atoms with E-state index in [1.165, 1.54) is 0 Å². The number of oxazole rings is 1. The first-order valence-corrected chi connectivity index (χ1v) is 9.46. The average molecular weight is 437 g/mol. The van der Waals surface area contributed by atoms with Crippen molar-refractivity contribution in [1.29, 1.82) is 0 Å². The highest BCUT2D eigenvalue weighted by atomic mass is 79.9. The number of ether oxygens (including phenoxy) is 1. The fraction of sp³-hybridized carbons (Fsp3) is 0.0909. The van der Waals surface area contributed by atoms with Crippen LogP contribution in [0.4, 0.5) is 5.69 Å². The Kier molecular flexibility index (Phi) is 4.88. The quantitative estimate of drug-likeness (QED) is 0.437. The van der Waals surface area contributed by atoms with E-state index in [9.17, 15) is 4.79 Å². The average Bonchev–Trinajstić information content (AvgIpc) is 3.11. The van der Waals surface area contributed by atoms with Crippen molar-refractivity contribution in [2.45, 2.75) is 6.92 Å². The molecule has 0 unspecified atom stereocenters. The van der Waals surface area contributed by atoms with Gasteiger partial charge in [0, 0.05) is 15.7 Å². The van der Waals surface area contributed by atoms with Gasteiger partial charge in [-0.2, -0.15) is 0 Å². The van der Waals surface area contributed by atoms with Gasteiger partial charge in [-0.15, -0.1) is 0 Å². The third-order valence-corrected chi connectivity index (χ3v) is 4.93. The zero-order valence-corrected chi connectivity index (χ0v) is 16.9. The molecule has 0 saturated carbocycles. The second kappa shape index (κ2) is 7.48. The molecule has 0 fully saturated rings. The van der Waals surface area contributed by atoms with Crippen LogP contribution in [0.5, 0.6) is 5.75 Å². The molecule has 28 heavy (non-hydrogen) atoms. The van der Waals surface area contributed by atoms with Gasteiger partial charge < -0.3 is 14.5 Å². The number of nitrogens with one attached hydrogen (secondary N) is 1. The Balaban J connectivity index is 1.62. The lowest BCUT2D eigenvalue weighted by atomic mass is 10.1. The number of nitrogens with zero attached hydrogens (tertiary/aromatic N) is 1. The molecule has 140 valence electrons. The van der Waals surface area contributed by atoms with Crippen molar-refractivity contribution in [3.05, 3.63) is 76.3 Å². The molecule has 0 aliphatic heterocycles. The third kappa shape index (κ3) is 3.51. The Morgan fingerprint density at radius 2 is 1.89 bits per heavy atom. The van der Waals surface area contributed by atoms with Gasteiger partial charge in [-0.1, -0.05) is 28.1 Å². The molecule has 0 bridgehead atoms. The van der Waals surface area contributed by atoms with E-state index < -0.39 is 0 Å². The van der Waals surface area contributed by atoms with E-state index in [2.05, 4.69) is 26.2 Å². The zero-order valence-electron chi connectivity index (χ0n) is 15.3. The van der Waals surface area contributed by atoms with Crippen LogP contribution in [-0.4, -0.2) is 18.0 Å². The third-order valence-electron chi connectivity index (χ3n) is 4.40. The highest BCUT2D eigenvalue weighted by Gasteiger charge is 2.15. The van der Waals surface area contributed by atoms with Crippen molar-refractivity contribution < 1.29 is 13.9 Å². The standard InChI is InChI=1S/C22H17BrN2O3/c1-13-4-3-5-17(20(13)27-2)21(26)24-16-10-11-19-18(12-16)25-22(28-19)14-6-8-15(23)9-7-14/h3-12H,1-2H3,(H,24,26). The number of fused-ring (bicyclic) bond motifs is 1. The van der Waals surface area contributed by atoms with Gasteiger partial charge in [0.15, 0.2) is 5.58 Å². The molecule has 5 nitrogen and oxygen atoms in total. The summed E-state index contributed by atoms with van der Waals surface area (Å²) in [6, 6.07) is 18.6. The topological polar surface area (TPSA) is 64.4 Å². The van der Waals surface area contributed by atoms with Gasteiger partial charge in [0.2, 0.25) is 5.89 Å². The van der Waals surface area contributed by atoms with Crippen LogP contribution < -0.4 is 10.1 Å². The maximum atomic E-state index is 12.7. The van der Waals surface area contributed by atoms with Crippen LogP contribution in [0, 0.1) is 6.92 Å². The molecule has 0 aliphatic carbocycles. The summed E-state index contributed by atoms with van der Waals surface area (Å²) in [5, 5.41) is 2.90. The summed E-state index contributed by atoms with van der Waals surface area (Å²) < 4.78 is 12.2. The number of anilines is 1. The molecule has 3 aromatic carbocycles. The number of benzene rings is 3. The number of hydrogen-bond donors (Lipinski definition) is 1. The van der Waals surface area contributed by atoms with Gasteiger partial charge in [-0.05, 0) is 61.0 Å². The monoisotopic (exact) mass is 436 g/mol. The Morgan fingerprint density at radius 3 is 2.64 bits per heavy atom. The molecule has 0 saturated heterocycles. The predicted octanol–water partition coefficient (Wildman–Crippen LogP) is 5.83. The van der Waals surface area contributed by atoms with Crippen molar-refractivity contribution in [2.24, 2.45) is 0 Å². The number of methoxy groups -OCH3 is 1. The van der Waals surface area contributed by atoms with E-state index in [1.807, 2.05) is 43.3 Å². The minimum atomic E-state index is -0.239. The summed E-state index contributed by atoms with van der Waals surface area (Å²) in [6.07, 6.45) is 0. The number of aromatic nitrogens is 1. The number of carbonyl (C=O) groups excluding carboxylic acids is 1. The molecule has 1 amide bonds. The number of para-hydroxylation sites is 1. The first kappa shape index (κ1) is 18.3. The predicted molar refractivity (Wildman–Crippen MR) is 113 cm³/mol. The summed E-state index contributed by atoms with van der Waals surface area (Å²) in [5.74, 6) is 0.864. The number of carbonyl (C=O) groups is 1. The summed E-state index contributed by atoms with van der Waals surface area (Å²) >= 11 is 3.42. The highest BCUT2D eigenvalue weighted by Crippen LogP contribution is 2.28. The van der Waals surface area contributed by atoms with Crippen molar-refractivity contribution >= 4 is 38.6 Å². The van der Waals surface area contributed by atoms with Gasteiger partial charge in [0.05, 0.1) is 12.7 Å². The zero-order chi connectivity index (χ0) is 19.7. The fourth-order valence-corrected chi connectivity index (χ4v) is 3.29. The van der Waals surface area contributed by atoms with Crippen LogP contribution in [0.2, 0.25) is 0 Å². The molecule has 1 heterocycles. The van der Waals surface area contributed by atoms with E-state index in [1.54, 1.807) is 31.4 Å². The molecular weight excluding hydrogens is 420 g/mol. The largest absolute Gasteiger partial charge is 0.496 e. The molecular formula is C22H17BrN2O3. The van der Waals surface area contributed by atoms with Crippen LogP contribution in [0.25, 0.3) is 22.6 Å². The van der Waals surface area contributed by atoms with E-state index in [0.29, 0.717) is 34.0 Å². The lowest BCUT2D eigenvalue weighted by Crippen LogP contribution is -2.13. The Bertz CT molecular complexity index is 1170. The van der Waals surface area contributed by atoms with Gasteiger partial charge in [-0.3, -0.25) is 4.79 Å². The van der Waals surface area contributed by atoms with Gasteiger partial charge in [0.1, 0.15) is 11.3 Å². The van der Waals surface area contributed by atoms with Crippen molar-refractivity contribution in [1.82, 2.24) is 4.98 Å². The molecule has 0 aliphatic rings. The molecule has 0 atom stereocenters. The molecule has 0 spiro atoms. The van der Waals surface area contributed by atoms with Gasteiger partial charge in [0.25, 0.3) is 5.91 Å². The summed E-state index contributed by atoms with van der Waals surface area (Å²) in [5.41, 5.74) is 4.24. The first-order valence-electron chi connectivity index (χ1n) is 8.66. The molecule has 1 N–H and O–H groups in total. The summed E-state index contributed by atoms with van der Waals surface area (Å²) in [6.45, 7) is 1.90. The van der Waals surface area contributed by atoms with Crippen LogP contribution in [0.3, 0.4) is 0 Å². The van der Waals surface area contributed by atoms with Crippen LogP contribution >= 0.6 is 15.9 Å². The SMILES string of the molecule is COc1c(C)cccc1C(=O)Nc1ccc2oc(-c3ccc(Br)cc3)nc2c1. The Hall–Kier alpha value is -3.12. The van der Waals surface area contributed by atoms with Crippen molar-refractivity contribution in [3.8, 4) is 17.2 Å². The van der Waals surface area contributed by atoms with Crippen LogP contribution in [-0.2, 0) is 0 Å². The van der Waals surface area contributed by atoms with Crippen LogP contribution in [0.1, 0.15) is 15.9 Å². The molecule has 0 radical (unpaired) electrons. The molecule has 4 aromatic rings. The summed E-state index contributed by atoms with van der Waals surface area (Å²) in [4.78, 5) is 17.2. The van der Waals surface area contributed by atoms with E-state index >= 15 is 0 Å². The number of rotatable bonds is 4. The van der Waals surface area contributed by atoms with Crippen molar-refractivity contribution in [2.75, 3.05) is 12.4 Å². The molecule has 1 aromatic heterocycles. The second-order valence-electron chi connectivity index (χ2n) is 6.32. The van der Waals surface area contributed by atoms with Gasteiger partial charge in [-0.25, -0.2) is 4.98 Å². The normalized spacial score (nSPS) is 10.8. The van der Waals surface area contributed by atoms with Crippen molar-refractivity contribution in [3.63, 3.8) is 0 Å². The Labute approximate surface area is 170 Å². The van der Waals surface area contributed by atoms with Crippen LogP contribution in [0.15, 0.2) is 69.6 Å². The number of halogens is 1. The number of aryl methyl sites for hydroxylation is 1.